The maximum atomic E-state index is 6.10. The van der Waals surface area contributed by atoms with Crippen LogP contribution in [-0.2, 0) is 4.74 Å². The van der Waals surface area contributed by atoms with Crippen molar-refractivity contribution in [3.8, 4) is 0 Å². The molecule has 0 amide bonds. The van der Waals surface area contributed by atoms with Crippen LogP contribution in [0.5, 0.6) is 0 Å². The fourth-order valence-electron chi connectivity index (χ4n) is 3.12. The molecule has 0 aromatic carbocycles. The molecule has 1 saturated heterocycles. The molecule has 1 aliphatic rings. The monoisotopic (exact) mass is 293 g/mol. The number of morpholine rings is 1. The maximum absolute atomic E-state index is 6.10. The quantitative estimate of drug-likeness (QED) is 0.554. The highest BCUT2D eigenvalue weighted by molar-refractivity contribution is 5.44. The van der Waals surface area contributed by atoms with E-state index in [0.717, 1.165) is 43.9 Å². The summed E-state index contributed by atoms with van der Waals surface area (Å²) in [5.41, 5.74) is 11.0. The number of aryl methyl sites for hydroxylation is 1. The summed E-state index contributed by atoms with van der Waals surface area (Å²) in [6.45, 7) is 9.75. The van der Waals surface area contributed by atoms with E-state index in [1.807, 2.05) is 6.92 Å². The highest BCUT2D eigenvalue weighted by Crippen LogP contribution is 2.36. The average molecular weight is 293 g/mol. The largest absolute Gasteiger partial charge is 0.383 e. The highest BCUT2D eigenvalue weighted by atomic mass is 16.5. The van der Waals surface area contributed by atoms with Gasteiger partial charge in [0, 0.05) is 30.4 Å². The zero-order valence-corrected chi connectivity index (χ0v) is 13.2. The van der Waals surface area contributed by atoms with Gasteiger partial charge in [-0.2, -0.15) is 0 Å². The van der Waals surface area contributed by atoms with Crippen molar-refractivity contribution in [3.63, 3.8) is 0 Å². The number of pyridine rings is 1. The van der Waals surface area contributed by atoms with E-state index >= 15 is 0 Å². The van der Waals surface area contributed by atoms with Crippen LogP contribution in [0.2, 0.25) is 0 Å². The lowest BCUT2D eigenvalue weighted by Gasteiger charge is -2.47. The Balaban J connectivity index is 2.38. The van der Waals surface area contributed by atoms with Crippen LogP contribution in [0.4, 0.5) is 5.82 Å². The number of nitrogen functional groups attached to an aromatic ring is 1. The van der Waals surface area contributed by atoms with Crippen molar-refractivity contribution in [2.75, 3.05) is 32.0 Å². The molecule has 6 nitrogen and oxygen atoms in total. The number of aromatic nitrogens is 1. The Hall–Kier alpha value is -1.21. The molecule has 1 aromatic rings. The van der Waals surface area contributed by atoms with Gasteiger partial charge in [-0.15, -0.1) is 0 Å². The van der Waals surface area contributed by atoms with Gasteiger partial charge in [0.2, 0.25) is 0 Å². The molecule has 0 radical (unpaired) electrons. The van der Waals surface area contributed by atoms with Crippen LogP contribution >= 0.6 is 0 Å². The Morgan fingerprint density at radius 2 is 2.14 bits per heavy atom. The topological polar surface area (TPSA) is 89.4 Å². The summed E-state index contributed by atoms with van der Waals surface area (Å²) >= 11 is 0. The van der Waals surface area contributed by atoms with Crippen LogP contribution in [0, 0.1) is 6.92 Å². The lowest BCUT2D eigenvalue weighted by Crippen LogP contribution is -2.58. The van der Waals surface area contributed by atoms with E-state index in [9.17, 15) is 0 Å². The van der Waals surface area contributed by atoms with Gasteiger partial charge >= 0.3 is 0 Å². The van der Waals surface area contributed by atoms with Crippen molar-refractivity contribution >= 4 is 5.82 Å². The molecule has 2 unspecified atom stereocenters. The van der Waals surface area contributed by atoms with Gasteiger partial charge in [0.15, 0.2) is 0 Å². The predicted molar refractivity (Wildman–Crippen MR) is 84.5 cm³/mol. The minimum atomic E-state index is -0.137. The Kier molecular flexibility index (Phi) is 5.16. The third kappa shape index (κ3) is 3.18. The third-order valence-electron chi connectivity index (χ3n) is 4.64. The van der Waals surface area contributed by atoms with Gasteiger partial charge in [0.05, 0.1) is 19.3 Å². The second kappa shape index (κ2) is 6.70. The summed E-state index contributed by atoms with van der Waals surface area (Å²) in [6.07, 6.45) is 2.74. The van der Waals surface area contributed by atoms with Gasteiger partial charge in [-0.1, -0.05) is 6.92 Å². The van der Waals surface area contributed by atoms with Crippen LogP contribution in [0.3, 0.4) is 0 Å². The van der Waals surface area contributed by atoms with E-state index < -0.39 is 0 Å². The summed E-state index contributed by atoms with van der Waals surface area (Å²) in [4.78, 5) is 6.71. The van der Waals surface area contributed by atoms with Crippen molar-refractivity contribution in [2.45, 2.75) is 38.8 Å². The van der Waals surface area contributed by atoms with Crippen molar-refractivity contribution < 1.29 is 4.74 Å². The number of hydrazine groups is 1. The molecule has 21 heavy (non-hydrogen) atoms. The van der Waals surface area contributed by atoms with Gasteiger partial charge in [-0.25, -0.2) is 4.98 Å². The smallest absolute Gasteiger partial charge is 0.128 e. The minimum absolute atomic E-state index is 0.0759. The first-order chi connectivity index (χ1) is 10.0. The van der Waals surface area contributed by atoms with E-state index in [2.05, 4.69) is 35.2 Å². The average Bonchev–Trinajstić information content (AvgIpc) is 2.52. The second-order valence-corrected chi connectivity index (χ2v) is 5.90. The van der Waals surface area contributed by atoms with Gasteiger partial charge in [-0.05, 0) is 31.9 Å². The van der Waals surface area contributed by atoms with Crippen molar-refractivity contribution in [1.82, 2.24) is 15.3 Å². The molecular weight excluding hydrogens is 266 g/mol. The Bertz CT molecular complexity index is 475. The van der Waals surface area contributed by atoms with Crippen LogP contribution in [-0.4, -0.2) is 41.7 Å². The number of nitrogens with two attached hydrogens (primary N) is 2. The summed E-state index contributed by atoms with van der Waals surface area (Å²) in [6, 6.07) is 1.99. The normalized spacial score (nSPS) is 21.0. The Labute approximate surface area is 126 Å². The molecule has 0 saturated carbocycles. The molecule has 1 fully saturated rings. The molecule has 6 heteroatoms. The molecule has 118 valence electrons. The first kappa shape index (κ1) is 16.2. The number of anilines is 1. The van der Waals surface area contributed by atoms with Crippen molar-refractivity contribution in [2.24, 2.45) is 5.84 Å². The number of hydrogen-bond acceptors (Lipinski definition) is 6. The van der Waals surface area contributed by atoms with E-state index in [4.69, 9.17) is 16.3 Å². The van der Waals surface area contributed by atoms with Gasteiger partial charge in [-0.3, -0.25) is 16.2 Å². The van der Waals surface area contributed by atoms with Gasteiger partial charge < -0.3 is 10.5 Å². The maximum Gasteiger partial charge on any atom is 0.128 e. The molecule has 2 heterocycles. The molecule has 1 aromatic heterocycles. The molecule has 5 N–H and O–H groups in total. The van der Waals surface area contributed by atoms with Crippen molar-refractivity contribution in [3.05, 3.63) is 23.4 Å². The molecule has 2 atom stereocenters. The van der Waals surface area contributed by atoms with Gasteiger partial charge in [0.25, 0.3) is 0 Å². The second-order valence-electron chi connectivity index (χ2n) is 5.90. The zero-order chi connectivity index (χ0) is 15.5. The molecule has 0 bridgehead atoms. The molecule has 0 aliphatic carbocycles. The summed E-state index contributed by atoms with van der Waals surface area (Å²) in [7, 11) is 0. The van der Waals surface area contributed by atoms with E-state index in [0.29, 0.717) is 5.82 Å². The van der Waals surface area contributed by atoms with Crippen LogP contribution in [0.1, 0.15) is 37.4 Å². The number of rotatable bonds is 5. The predicted octanol–water partition coefficient (Wildman–Crippen LogP) is 0.978. The molecule has 1 aliphatic heterocycles. The highest BCUT2D eigenvalue weighted by Gasteiger charge is 2.40. The number of hydrogen-bond donors (Lipinski definition) is 3. The summed E-state index contributed by atoms with van der Waals surface area (Å²) in [5, 5.41) is 0. The lowest BCUT2D eigenvalue weighted by atomic mass is 9.82. The molecule has 2 rings (SSSR count). The first-order valence-electron chi connectivity index (χ1n) is 7.54. The number of ether oxygens (including phenoxy) is 1. The summed E-state index contributed by atoms with van der Waals surface area (Å²) in [5.74, 6) is 6.44. The molecule has 0 spiro atoms. The fraction of sp³-hybridized carbons (Fsp3) is 0.667. The van der Waals surface area contributed by atoms with E-state index in [1.165, 1.54) is 0 Å². The van der Waals surface area contributed by atoms with Crippen LogP contribution in [0.15, 0.2) is 12.3 Å². The number of nitrogens with zero attached hydrogens (tertiary/aromatic N) is 2. The first-order valence-corrected chi connectivity index (χ1v) is 7.54. The standard InChI is InChI=1S/C15H27N5O/c1-4-15(3,20-5-7-21-8-6-20)13(19-17)12-9-11(2)10-18-14(12)16/h9-10,13,19H,4-8,17H2,1-3H3,(H2,16,18). The number of nitrogens with one attached hydrogen (secondary N) is 1. The lowest BCUT2D eigenvalue weighted by molar-refractivity contribution is -0.0328. The van der Waals surface area contributed by atoms with Crippen LogP contribution < -0.4 is 17.0 Å². The fourth-order valence-corrected chi connectivity index (χ4v) is 3.12. The van der Waals surface area contributed by atoms with Gasteiger partial charge in [0.1, 0.15) is 5.82 Å². The molecular formula is C15H27N5O. The van der Waals surface area contributed by atoms with E-state index in [-0.39, 0.29) is 11.6 Å². The van der Waals surface area contributed by atoms with Crippen LogP contribution in [0.25, 0.3) is 0 Å². The van der Waals surface area contributed by atoms with Crippen molar-refractivity contribution in [1.29, 1.82) is 0 Å². The third-order valence-corrected chi connectivity index (χ3v) is 4.64. The summed E-state index contributed by atoms with van der Waals surface area (Å²) < 4.78 is 5.47. The Morgan fingerprint density at radius 3 is 2.71 bits per heavy atom. The minimum Gasteiger partial charge on any atom is -0.383 e. The van der Waals surface area contributed by atoms with E-state index in [1.54, 1.807) is 6.20 Å². The zero-order valence-electron chi connectivity index (χ0n) is 13.2. The Morgan fingerprint density at radius 1 is 1.48 bits per heavy atom. The SMILES string of the molecule is CCC(C)(C(NN)c1cc(C)cnc1N)N1CCOCC1.